The first-order valence-electron chi connectivity index (χ1n) is 11.2. The SMILES string of the molecule is CC1(C)[C@@H]2CC[C@]13C[S@](=O)N[C@@]31C(C(=O)c3ccccc3)=C(c3ccccc3)C(Br)(Br)[C@@]21O. The third-order valence-electron chi connectivity index (χ3n) is 9.15. The van der Waals surface area contributed by atoms with Gasteiger partial charge in [0, 0.05) is 22.3 Å². The van der Waals surface area contributed by atoms with Crippen LogP contribution in [0.5, 0.6) is 0 Å². The molecule has 2 spiro atoms. The van der Waals surface area contributed by atoms with Crippen molar-refractivity contribution in [2.24, 2.45) is 16.7 Å². The molecule has 0 amide bonds. The van der Waals surface area contributed by atoms with Crippen LogP contribution in [0.4, 0.5) is 0 Å². The Labute approximate surface area is 213 Å². The number of alkyl halides is 2. The summed E-state index contributed by atoms with van der Waals surface area (Å²) in [6.07, 6.45) is 1.63. The van der Waals surface area contributed by atoms with Crippen molar-refractivity contribution in [1.82, 2.24) is 4.72 Å². The van der Waals surface area contributed by atoms with Crippen LogP contribution in [0.15, 0.2) is 66.2 Å². The van der Waals surface area contributed by atoms with Crippen LogP contribution in [0.1, 0.15) is 42.6 Å². The molecule has 1 heterocycles. The molecule has 5 atom stereocenters. The summed E-state index contributed by atoms with van der Waals surface area (Å²) in [5, 5.41) is 12.9. The van der Waals surface area contributed by atoms with E-state index < -0.39 is 30.8 Å². The maximum absolute atomic E-state index is 14.4. The first kappa shape index (κ1) is 22.4. The second-order valence-corrected chi connectivity index (χ2v) is 15.0. The van der Waals surface area contributed by atoms with Crippen LogP contribution in [-0.2, 0) is 11.0 Å². The Kier molecular flexibility index (Phi) is 4.58. The van der Waals surface area contributed by atoms with Gasteiger partial charge in [0.2, 0.25) is 0 Å². The first-order chi connectivity index (χ1) is 15.6. The quantitative estimate of drug-likeness (QED) is 0.391. The Bertz CT molecular complexity index is 1240. The van der Waals surface area contributed by atoms with Crippen molar-refractivity contribution in [3.8, 4) is 0 Å². The van der Waals surface area contributed by atoms with Gasteiger partial charge in [0.15, 0.2) is 5.78 Å². The fourth-order valence-electron chi connectivity index (χ4n) is 7.83. The Morgan fingerprint density at radius 2 is 1.67 bits per heavy atom. The fourth-order valence-corrected chi connectivity index (χ4v) is 11.9. The van der Waals surface area contributed by atoms with E-state index in [9.17, 15) is 14.1 Å². The standard InChI is InChI=1S/C26H25Br2NO3S/c1-22(2)18-13-14-23(22)15-33(32)29-24(23)20(21(30)17-11-7-4-8-12-17)19(16-9-5-3-6-10-16)26(27,28)25(18,24)31/h3-12,18,29,31H,13-15H2,1-2H3/t18-,23-,24-,25+,33-/m0/s1. The summed E-state index contributed by atoms with van der Waals surface area (Å²) in [5.41, 5.74) is -0.734. The fraction of sp³-hybridized carbons (Fsp3) is 0.423. The van der Waals surface area contributed by atoms with Gasteiger partial charge >= 0.3 is 0 Å². The first-order valence-corrected chi connectivity index (χ1v) is 14.1. The molecule has 4 nitrogen and oxygen atoms in total. The number of carbonyl (C=O) groups excluding carboxylic acids is 1. The molecular formula is C26H25Br2NO3S. The number of rotatable bonds is 3. The number of nitrogens with one attached hydrogen (secondary N) is 1. The van der Waals surface area contributed by atoms with Gasteiger partial charge in [-0.2, -0.15) is 0 Å². The van der Waals surface area contributed by atoms with E-state index in [-0.39, 0.29) is 17.1 Å². The largest absolute Gasteiger partial charge is 0.384 e. The lowest BCUT2D eigenvalue weighted by molar-refractivity contribution is -0.0651. The van der Waals surface area contributed by atoms with E-state index in [2.05, 4.69) is 50.4 Å². The topological polar surface area (TPSA) is 66.4 Å². The lowest BCUT2D eigenvalue weighted by Gasteiger charge is -2.51. The maximum Gasteiger partial charge on any atom is 0.191 e. The van der Waals surface area contributed by atoms with Crippen LogP contribution >= 0.6 is 31.9 Å². The normalized spacial score (nSPS) is 39.5. The minimum absolute atomic E-state index is 0.103. The summed E-state index contributed by atoms with van der Waals surface area (Å²) < 4.78 is 15.5. The average Bonchev–Trinajstić information content (AvgIpc) is 3.34. The van der Waals surface area contributed by atoms with Gasteiger partial charge in [-0.25, -0.2) is 8.93 Å². The molecule has 0 radical (unpaired) electrons. The number of ketones is 1. The minimum atomic E-state index is -1.40. The summed E-state index contributed by atoms with van der Waals surface area (Å²) in [5.74, 6) is 0.179. The van der Waals surface area contributed by atoms with Crippen molar-refractivity contribution < 1.29 is 14.1 Å². The number of hydrogen-bond acceptors (Lipinski definition) is 3. The van der Waals surface area contributed by atoms with E-state index in [1.807, 2.05) is 60.7 Å². The van der Waals surface area contributed by atoms with Gasteiger partial charge in [0.05, 0.1) is 16.5 Å². The molecule has 3 fully saturated rings. The molecule has 2 N–H and O–H groups in total. The van der Waals surface area contributed by atoms with Gasteiger partial charge in [0.25, 0.3) is 0 Å². The average molecular weight is 591 g/mol. The molecule has 0 unspecified atom stereocenters. The summed E-state index contributed by atoms with van der Waals surface area (Å²) >= 11 is 7.82. The number of fused-ring (bicyclic) bond motifs is 2. The highest BCUT2D eigenvalue weighted by Crippen LogP contribution is 2.84. The molecule has 3 aliphatic carbocycles. The summed E-state index contributed by atoms with van der Waals surface area (Å²) in [6, 6.07) is 19.0. The molecule has 2 aromatic rings. The number of benzene rings is 2. The van der Waals surface area contributed by atoms with E-state index in [1.54, 1.807) is 0 Å². The number of aliphatic hydroxyl groups is 1. The van der Waals surface area contributed by atoms with Crippen molar-refractivity contribution >= 4 is 54.2 Å². The molecule has 1 aliphatic heterocycles. The molecule has 2 saturated carbocycles. The molecular weight excluding hydrogens is 566 g/mol. The molecule has 2 bridgehead atoms. The number of Topliss-reactive ketones (excluding diaryl/α,β-unsaturated/α-hetero) is 1. The minimum Gasteiger partial charge on any atom is -0.384 e. The van der Waals surface area contributed by atoms with E-state index in [4.69, 9.17) is 0 Å². The smallest absolute Gasteiger partial charge is 0.191 e. The van der Waals surface area contributed by atoms with E-state index in [1.165, 1.54) is 0 Å². The predicted octanol–water partition coefficient (Wildman–Crippen LogP) is 5.00. The van der Waals surface area contributed by atoms with Crippen molar-refractivity contribution in [3.63, 3.8) is 0 Å². The number of halogens is 2. The molecule has 6 rings (SSSR count). The zero-order chi connectivity index (χ0) is 23.4. The lowest BCUT2D eigenvalue weighted by atomic mass is 9.58. The van der Waals surface area contributed by atoms with Crippen LogP contribution < -0.4 is 4.72 Å². The molecule has 0 aromatic heterocycles. The summed E-state index contributed by atoms with van der Waals surface area (Å²) in [4.78, 5) is 14.4. The Hall–Kier alpha value is -1.12. The van der Waals surface area contributed by atoms with Gasteiger partial charge in [-0.15, -0.1) is 0 Å². The third kappa shape index (κ3) is 2.25. The molecule has 1 saturated heterocycles. The molecule has 33 heavy (non-hydrogen) atoms. The van der Waals surface area contributed by atoms with Gasteiger partial charge < -0.3 is 5.11 Å². The molecule has 172 valence electrons. The number of carbonyl (C=O) groups is 1. The van der Waals surface area contributed by atoms with Crippen LogP contribution in [0.3, 0.4) is 0 Å². The summed E-state index contributed by atoms with van der Waals surface area (Å²) in [6.45, 7) is 4.35. The zero-order valence-electron chi connectivity index (χ0n) is 18.4. The van der Waals surface area contributed by atoms with Gasteiger partial charge in [0.1, 0.15) is 8.83 Å². The second-order valence-electron chi connectivity index (χ2n) is 10.4. The lowest BCUT2D eigenvalue weighted by Crippen LogP contribution is -2.70. The summed E-state index contributed by atoms with van der Waals surface area (Å²) in [7, 11) is -1.37. The highest BCUT2D eigenvalue weighted by Gasteiger charge is 2.91. The molecule has 2 aromatic carbocycles. The van der Waals surface area contributed by atoms with Crippen LogP contribution in [-0.4, -0.2) is 35.2 Å². The Morgan fingerprint density at radius 1 is 1.06 bits per heavy atom. The predicted molar refractivity (Wildman–Crippen MR) is 137 cm³/mol. The molecule has 7 heteroatoms. The van der Waals surface area contributed by atoms with E-state index in [0.717, 1.165) is 24.0 Å². The maximum atomic E-state index is 14.4. The molecule has 4 aliphatic rings. The second kappa shape index (κ2) is 6.76. The third-order valence-corrected chi connectivity index (χ3v) is 12.4. The highest BCUT2D eigenvalue weighted by molar-refractivity contribution is 9.25. The van der Waals surface area contributed by atoms with Crippen molar-refractivity contribution in [3.05, 3.63) is 77.4 Å². The Morgan fingerprint density at radius 3 is 2.30 bits per heavy atom. The van der Waals surface area contributed by atoms with Gasteiger partial charge in [-0.1, -0.05) is 106 Å². The van der Waals surface area contributed by atoms with E-state index >= 15 is 0 Å². The van der Waals surface area contributed by atoms with Crippen molar-refractivity contribution in [2.45, 2.75) is 41.1 Å². The van der Waals surface area contributed by atoms with Crippen LogP contribution in [0, 0.1) is 16.7 Å². The van der Waals surface area contributed by atoms with Gasteiger partial charge in [-0.3, -0.25) is 4.79 Å². The zero-order valence-corrected chi connectivity index (χ0v) is 22.4. The van der Waals surface area contributed by atoms with Crippen LogP contribution in [0.25, 0.3) is 5.57 Å². The van der Waals surface area contributed by atoms with Crippen molar-refractivity contribution in [1.29, 1.82) is 0 Å². The van der Waals surface area contributed by atoms with Crippen LogP contribution in [0.2, 0.25) is 0 Å². The highest BCUT2D eigenvalue weighted by atomic mass is 79.9. The van der Waals surface area contributed by atoms with Crippen molar-refractivity contribution in [2.75, 3.05) is 5.75 Å². The number of hydrogen-bond donors (Lipinski definition) is 2. The Balaban J connectivity index is 1.76. The van der Waals surface area contributed by atoms with Gasteiger partial charge in [-0.05, 0) is 35.3 Å². The monoisotopic (exact) mass is 589 g/mol. The van der Waals surface area contributed by atoms with E-state index in [0.29, 0.717) is 16.9 Å².